The van der Waals surface area contributed by atoms with Gasteiger partial charge in [-0.15, -0.1) is 0 Å². The zero-order valence-electron chi connectivity index (χ0n) is 41.9. The van der Waals surface area contributed by atoms with E-state index in [1.807, 2.05) is 0 Å². The molecule has 0 bridgehead atoms. The van der Waals surface area contributed by atoms with Crippen LogP contribution in [-0.4, -0.2) is 0 Å². The van der Waals surface area contributed by atoms with Crippen molar-refractivity contribution in [1.82, 2.24) is 0 Å². The molecule has 0 spiro atoms. The van der Waals surface area contributed by atoms with Crippen LogP contribution >= 0.6 is 0 Å². The van der Waals surface area contributed by atoms with Crippen molar-refractivity contribution in [2.45, 2.75) is 5.41 Å². The average Bonchev–Trinajstić information content (AvgIpc) is 3.96. The van der Waals surface area contributed by atoms with Crippen LogP contribution in [0.3, 0.4) is 0 Å². The van der Waals surface area contributed by atoms with E-state index in [0.717, 1.165) is 22.6 Å². The van der Waals surface area contributed by atoms with E-state index >= 15 is 0 Å². The SMILES string of the molecule is c1ccc(-c2ccc(N(c3ccc(-c4ccc5c(c4)c(-c4ccccc4)c(-c4ccccc4)c4ccccc45)cc3)c3ccc4c(c3)-c3ccccc3C4(c3ccccc3)c3ccccc3)cc2-c2ccccc2)cc1. The summed E-state index contributed by atoms with van der Waals surface area (Å²) in [7, 11) is 0. The summed E-state index contributed by atoms with van der Waals surface area (Å²) < 4.78 is 0. The molecule has 1 heteroatoms. The summed E-state index contributed by atoms with van der Waals surface area (Å²) in [6, 6.07) is 114. The monoisotopic (exact) mass is 965 g/mol. The van der Waals surface area contributed by atoms with Gasteiger partial charge in [0.2, 0.25) is 0 Å². The maximum absolute atomic E-state index is 2.45. The van der Waals surface area contributed by atoms with Crippen LogP contribution in [0, 0.1) is 0 Å². The number of hydrogen-bond acceptors (Lipinski definition) is 1. The number of fused-ring (bicyclic) bond motifs is 6. The Bertz CT molecular complexity index is 4190. The number of benzene rings is 13. The van der Waals surface area contributed by atoms with Crippen molar-refractivity contribution in [2.24, 2.45) is 0 Å². The molecule has 356 valence electrons. The molecule has 0 aromatic heterocycles. The van der Waals surface area contributed by atoms with E-state index in [2.05, 4.69) is 314 Å². The molecule has 0 radical (unpaired) electrons. The van der Waals surface area contributed by atoms with Gasteiger partial charge in [0.15, 0.2) is 0 Å². The first-order valence-corrected chi connectivity index (χ1v) is 26.3. The number of rotatable bonds is 10. The Kier molecular flexibility index (Phi) is 11.2. The molecule has 0 atom stereocenters. The van der Waals surface area contributed by atoms with E-state index in [9.17, 15) is 0 Å². The molecule has 0 saturated carbocycles. The second-order valence-electron chi connectivity index (χ2n) is 19.9. The van der Waals surface area contributed by atoms with Crippen molar-refractivity contribution in [3.05, 3.63) is 332 Å². The van der Waals surface area contributed by atoms with E-state index < -0.39 is 5.41 Å². The summed E-state index contributed by atoms with van der Waals surface area (Å²) in [5, 5.41) is 4.99. The Labute approximate surface area is 444 Å². The molecule has 0 N–H and O–H groups in total. The molecule has 76 heavy (non-hydrogen) atoms. The van der Waals surface area contributed by atoms with Gasteiger partial charge in [-0.1, -0.05) is 267 Å². The molecule has 0 aliphatic heterocycles. The fourth-order valence-electron chi connectivity index (χ4n) is 12.4. The predicted octanol–water partition coefficient (Wildman–Crippen LogP) is 20.2. The van der Waals surface area contributed by atoms with Gasteiger partial charge >= 0.3 is 0 Å². The molecule has 0 saturated heterocycles. The Morgan fingerprint density at radius 3 is 1.24 bits per heavy atom. The fourth-order valence-corrected chi connectivity index (χ4v) is 12.4. The molecule has 1 nitrogen and oxygen atoms in total. The van der Waals surface area contributed by atoms with Gasteiger partial charge < -0.3 is 4.90 Å². The minimum absolute atomic E-state index is 0.494. The summed E-state index contributed by atoms with van der Waals surface area (Å²) in [5.74, 6) is 0. The van der Waals surface area contributed by atoms with Crippen LogP contribution in [0.4, 0.5) is 17.1 Å². The van der Waals surface area contributed by atoms with Crippen molar-refractivity contribution in [3.63, 3.8) is 0 Å². The molecule has 0 heterocycles. The van der Waals surface area contributed by atoms with Gasteiger partial charge in [-0.2, -0.15) is 0 Å². The lowest BCUT2D eigenvalue weighted by molar-refractivity contribution is 0.768. The highest BCUT2D eigenvalue weighted by Crippen LogP contribution is 2.57. The van der Waals surface area contributed by atoms with E-state index in [4.69, 9.17) is 0 Å². The Balaban J connectivity index is 0.965. The fraction of sp³-hybridized carbons (Fsp3) is 0.0133. The highest BCUT2D eigenvalue weighted by atomic mass is 15.1. The first-order chi connectivity index (χ1) is 37.7. The Morgan fingerprint density at radius 1 is 0.211 bits per heavy atom. The third kappa shape index (κ3) is 7.47. The molecular formula is C75H51N. The predicted molar refractivity (Wildman–Crippen MR) is 321 cm³/mol. The van der Waals surface area contributed by atoms with Crippen molar-refractivity contribution in [3.8, 4) is 66.8 Å². The first kappa shape index (κ1) is 44.8. The van der Waals surface area contributed by atoms with Crippen molar-refractivity contribution in [1.29, 1.82) is 0 Å². The third-order valence-corrected chi connectivity index (χ3v) is 15.7. The van der Waals surface area contributed by atoms with Crippen LogP contribution < -0.4 is 4.90 Å². The van der Waals surface area contributed by atoms with Crippen molar-refractivity contribution in [2.75, 3.05) is 4.90 Å². The second-order valence-corrected chi connectivity index (χ2v) is 19.9. The summed E-state index contributed by atoms with van der Waals surface area (Å²) in [5.41, 5.74) is 22.3. The maximum Gasteiger partial charge on any atom is 0.0713 e. The minimum atomic E-state index is -0.494. The number of hydrogen-bond donors (Lipinski definition) is 0. The first-order valence-electron chi connectivity index (χ1n) is 26.3. The van der Waals surface area contributed by atoms with Gasteiger partial charge in [0, 0.05) is 17.1 Å². The summed E-state index contributed by atoms with van der Waals surface area (Å²) >= 11 is 0. The van der Waals surface area contributed by atoms with Gasteiger partial charge in [-0.25, -0.2) is 0 Å². The lowest BCUT2D eigenvalue weighted by atomic mass is 9.68. The molecule has 1 aliphatic rings. The summed E-state index contributed by atoms with van der Waals surface area (Å²) in [6.07, 6.45) is 0. The van der Waals surface area contributed by atoms with Gasteiger partial charge in [-0.3, -0.25) is 0 Å². The smallest absolute Gasteiger partial charge is 0.0713 e. The van der Waals surface area contributed by atoms with Crippen molar-refractivity contribution < 1.29 is 0 Å². The summed E-state index contributed by atoms with van der Waals surface area (Å²) in [6.45, 7) is 0. The van der Waals surface area contributed by atoms with Crippen LogP contribution in [0.1, 0.15) is 22.3 Å². The maximum atomic E-state index is 2.45. The Morgan fingerprint density at radius 2 is 0.632 bits per heavy atom. The standard InChI is InChI=1S/C75H51N/c1-7-23-53(24-8-1)63-47-44-61(50-68(63)54-25-9-2-10-26-54)76(62-45-48-72-69(51-62)66-36-21-22-38-71(66)75(72,58-31-15-5-16-32-58)59-33-17-6-18-34-59)60-42-39-52(40-43-60)57-41-46-65-64-35-19-20-37-67(64)73(55-27-11-3-12-28-55)74(70(65)49-57)56-29-13-4-14-30-56/h1-51H. The highest BCUT2D eigenvalue weighted by Gasteiger charge is 2.46. The van der Waals surface area contributed by atoms with Gasteiger partial charge in [0.05, 0.1) is 5.41 Å². The second kappa shape index (κ2) is 18.9. The van der Waals surface area contributed by atoms with Crippen LogP contribution in [0.25, 0.3) is 88.3 Å². The van der Waals surface area contributed by atoms with Crippen LogP contribution in [0.15, 0.2) is 309 Å². The molecule has 1 aliphatic carbocycles. The minimum Gasteiger partial charge on any atom is -0.310 e. The lowest BCUT2D eigenvalue weighted by Gasteiger charge is -2.34. The van der Waals surface area contributed by atoms with Crippen LogP contribution in [-0.2, 0) is 5.41 Å². The lowest BCUT2D eigenvalue weighted by Crippen LogP contribution is -2.28. The molecule has 13 aromatic carbocycles. The Hall–Kier alpha value is -9.82. The molecule has 14 rings (SSSR count). The van der Waals surface area contributed by atoms with Gasteiger partial charge in [0.1, 0.15) is 0 Å². The average molecular weight is 966 g/mol. The number of nitrogens with zero attached hydrogens (tertiary/aromatic N) is 1. The van der Waals surface area contributed by atoms with Crippen LogP contribution in [0.5, 0.6) is 0 Å². The van der Waals surface area contributed by atoms with E-state index in [1.165, 1.54) is 105 Å². The van der Waals surface area contributed by atoms with E-state index in [0.29, 0.717) is 0 Å². The van der Waals surface area contributed by atoms with Crippen LogP contribution in [0.2, 0.25) is 0 Å². The van der Waals surface area contributed by atoms with Gasteiger partial charge in [-0.05, 0) is 153 Å². The molecule has 0 amide bonds. The quantitative estimate of drug-likeness (QED) is 0.123. The molecule has 0 fully saturated rings. The molecule has 0 unspecified atom stereocenters. The highest BCUT2D eigenvalue weighted by molar-refractivity contribution is 6.22. The van der Waals surface area contributed by atoms with E-state index in [-0.39, 0.29) is 0 Å². The normalized spacial score (nSPS) is 12.3. The molecular weight excluding hydrogens is 915 g/mol. The molecule has 13 aromatic rings. The zero-order valence-corrected chi connectivity index (χ0v) is 41.9. The van der Waals surface area contributed by atoms with Crippen molar-refractivity contribution >= 4 is 38.6 Å². The van der Waals surface area contributed by atoms with Gasteiger partial charge in [0.25, 0.3) is 0 Å². The van der Waals surface area contributed by atoms with E-state index in [1.54, 1.807) is 0 Å². The third-order valence-electron chi connectivity index (χ3n) is 15.7. The summed E-state index contributed by atoms with van der Waals surface area (Å²) in [4.78, 5) is 2.45. The number of anilines is 3. The topological polar surface area (TPSA) is 3.24 Å². The largest absolute Gasteiger partial charge is 0.310 e. The zero-order chi connectivity index (χ0) is 50.4.